The van der Waals surface area contributed by atoms with Crippen molar-refractivity contribution in [3.63, 3.8) is 0 Å². The molecule has 0 aromatic carbocycles. The van der Waals surface area contributed by atoms with Crippen LogP contribution in [0.15, 0.2) is 11.4 Å². The van der Waals surface area contributed by atoms with Gasteiger partial charge in [-0.05, 0) is 6.92 Å². The molecule has 0 fully saturated rings. The fourth-order valence-corrected chi connectivity index (χ4v) is 1.76. The van der Waals surface area contributed by atoms with Gasteiger partial charge in [-0.25, -0.2) is 4.79 Å². The SMILES string of the molecule is Cc1nc([S+]([O-])CC(N)=O)ncc1C(=O)O. The van der Waals surface area contributed by atoms with Crippen molar-refractivity contribution >= 4 is 23.1 Å². The van der Waals surface area contributed by atoms with Gasteiger partial charge in [0.1, 0.15) is 0 Å². The van der Waals surface area contributed by atoms with Crippen LogP contribution in [0.3, 0.4) is 0 Å². The maximum absolute atomic E-state index is 11.4. The second-order valence-electron chi connectivity index (χ2n) is 2.91. The molecule has 86 valence electrons. The number of aromatic nitrogens is 2. The average Bonchev–Trinajstić information content (AvgIpc) is 2.15. The summed E-state index contributed by atoms with van der Waals surface area (Å²) in [4.78, 5) is 28.5. The molecule has 0 saturated carbocycles. The van der Waals surface area contributed by atoms with E-state index in [1.54, 1.807) is 0 Å². The fourth-order valence-electron chi connectivity index (χ4n) is 0.959. The van der Waals surface area contributed by atoms with Crippen molar-refractivity contribution in [2.24, 2.45) is 5.73 Å². The molecule has 1 atom stereocenters. The summed E-state index contributed by atoms with van der Waals surface area (Å²) in [5, 5.41) is 8.61. The third kappa shape index (κ3) is 2.91. The van der Waals surface area contributed by atoms with Gasteiger partial charge in [-0.2, -0.15) is 9.97 Å². The highest BCUT2D eigenvalue weighted by molar-refractivity contribution is 7.91. The molecule has 16 heavy (non-hydrogen) atoms. The molecule has 1 amide bonds. The number of aryl methyl sites for hydroxylation is 1. The van der Waals surface area contributed by atoms with E-state index in [0.717, 1.165) is 6.20 Å². The zero-order valence-electron chi connectivity index (χ0n) is 8.34. The Hall–Kier alpha value is -1.67. The van der Waals surface area contributed by atoms with Crippen molar-refractivity contribution in [3.05, 3.63) is 17.5 Å². The largest absolute Gasteiger partial charge is 0.609 e. The Labute approximate surface area is 93.9 Å². The highest BCUT2D eigenvalue weighted by atomic mass is 32.2. The van der Waals surface area contributed by atoms with Crippen LogP contribution >= 0.6 is 0 Å². The topological polar surface area (TPSA) is 129 Å². The number of hydrogen-bond donors (Lipinski definition) is 2. The number of amides is 1. The molecule has 0 saturated heterocycles. The van der Waals surface area contributed by atoms with Gasteiger partial charge in [-0.3, -0.25) is 4.79 Å². The fraction of sp³-hybridized carbons (Fsp3) is 0.250. The number of carboxylic acid groups (broad SMARTS) is 1. The normalized spacial score (nSPS) is 12.1. The van der Waals surface area contributed by atoms with E-state index in [4.69, 9.17) is 10.8 Å². The van der Waals surface area contributed by atoms with Crippen LogP contribution in [-0.2, 0) is 16.0 Å². The zero-order valence-corrected chi connectivity index (χ0v) is 9.15. The minimum Gasteiger partial charge on any atom is -0.609 e. The lowest BCUT2D eigenvalue weighted by Crippen LogP contribution is -2.25. The molecular formula is C8H9N3O4S. The summed E-state index contributed by atoms with van der Waals surface area (Å²) < 4.78 is 11.4. The van der Waals surface area contributed by atoms with Crippen molar-refractivity contribution in [1.29, 1.82) is 0 Å². The minimum atomic E-state index is -1.73. The zero-order chi connectivity index (χ0) is 12.3. The van der Waals surface area contributed by atoms with Crippen LogP contribution in [0.25, 0.3) is 0 Å². The van der Waals surface area contributed by atoms with Crippen LogP contribution in [-0.4, -0.2) is 37.3 Å². The first-order valence-electron chi connectivity index (χ1n) is 4.15. The van der Waals surface area contributed by atoms with E-state index in [1.807, 2.05) is 0 Å². The summed E-state index contributed by atoms with van der Waals surface area (Å²) in [6, 6.07) is 0. The van der Waals surface area contributed by atoms with Gasteiger partial charge in [-0.1, -0.05) is 0 Å². The summed E-state index contributed by atoms with van der Waals surface area (Å²) >= 11 is -1.73. The first-order chi connectivity index (χ1) is 7.41. The van der Waals surface area contributed by atoms with Gasteiger partial charge in [0, 0.05) is 11.2 Å². The third-order valence-corrected chi connectivity index (χ3v) is 2.82. The second-order valence-corrected chi connectivity index (χ2v) is 4.26. The lowest BCUT2D eigenvalue weighted by Gasteiger charge is -2.07. The number of aromatic carboxylic acids is 1. The number of carbonyl (C=O) groups is 2. The summed E-state index contributed by atoms with van der Waals surface area (Å²) in [6.45, 7) is 1.45. The van der Waals surface area contributed by atoms with Crippen molar-refractivity contribution in [1.82, 2.24) is 9.97 Å². The quantitative estimate of drug-likeness (QED) is 0.519. The molecule has 0 aliphatic heterocycles. The van der Waals surface area contributed by atoms with Crippen LogP contribution < -0.4 is 5.73 Å². The molecule has 3 N–H and O–H groups in total. The third-order valence-electron chi connectivity index (χ3n) is 1.66. The maximum Gasteiger partial charge on any atom is 0.343 e. The number of hydrogen-bond acceptors (Lipinski definition) is 5. The first kappa shape index (κ1) is 12.4. The van der Waals surface area contributed by atoms with E-state index >= 15 is 0 Å². The molecule has 1 unspecified atom stereocenters. The Morgan fingerprint density at radius 2 is 2.25 bits per heavy atom. The summed E-state index contributed by atoms with van der Waals surface area (Å²) in [7, 11) is 0. The van der Waals surface area contributed by atoms with Gasteiger partial charge < -0.3 is 15.4 Å². The standard InChI is InChI=1S/C8H9N3O4S/c1-4-5(7(13)14)2-10-8(11-4)16(15)3-6(9)12/h2H,3H2,1H3,(H2,9,12)(H,13,14). The monoisotopic (exact) mass is 243 g/mol. The van der Waals surface area contributed by atoms with Crippen LogP contribution in [0.5, 0.6) is 0 Å². The summed E-state index contributed by atoms with van der Waals surface area (Å²) in [6.07, 6.45) is 1.05. The molecule has 8 heteroatoms. The van der Waals surface area contributed by atoms with E-state index in [1.165, 1.54) is 6.92 Å². The van der Waals surface area contributed by atoms with Gasteiger partial charge in [0.05, 0.1) is 17.5 Å². The van der Waals surface area contributed by atoms with Gasteiger partial charge in [0.25, 0.3) is 5.91 Å². The molecule has 1 aromatic rings. The molecule has 1 aromatic heterocycles. The van der Waals surface area contributed by atoms with E-state index in [2.05, 4.69) is 9.97 Å². The van der Waals surface area contributed by atoms with Crippen LogP contribution in [0.2, 0.25) is 0 Å². The first-order valence-corrected chi connectivity index (χ1v) is 5.47. The predicted molar refractivity (Wildman–Crippen MR) is 54.2 cm³/mol. The molecule has 0 aliphatic carbocycles. The number of carbonyl (C=O) groups excluding carboxylic acids is 1. The predicted octanol–water partition coefficient (Wildman–Crippen LogP) is -0.924. The Morgan fingerprint density at radius 3 is 2.69 bits per heavy atom. The lowest BCUT2D eigenvalue weighted by atomic mass is 10.2. The molecule has 0 radical (unpaired) electrons. The molecular weight excluding hydrogens is 234 g/mol. The number of nitrogens with zero attached hydrogens (tertiary/aromatic N) is 2. The van der Waals surface area contributed by atoms with Gasteiger partial charge in [0.2, 0.25) is 0 Å². The lowest BCUT2D eigenvalue weighted by molar-refractivity contribution is -0.115. The molecule has 0 spiro atoms. The van der Waals surface area contributed by atoms with E-state index in [0.29, 0.717) is 0 Å². The molecule has 7 nitrogen and oxygen atoms in total. The van der Waals surface area contributed by atoms with Crippen molar-refractivity contribution in [3.8, 4) is 0 Å². The highest BCUT2D eigenvalue weighted by Gasteiger charge is 2.20. The van der Waals surface area contributed by atoms with E-state index in [-0.39, 0.29) is 22.2 Å². The summed E-state index contributed by atoms with van der Waals surface area (Å²) in [5.41, 5.74) is 4.99. The minimum absolute atomic E-state index is 0.0696. The van der Waals surface area contributed by atoms with Crippen molar-refractivity contribution in [2.75, 3.05) is 5.75 Å². The second kappa shape index (κ2) is 4.90. The van der Waals surface area contributed by atoms with Crippen LogP contribution in [0.1, 0.15) is 16.1 Å². The number of nitrogens with two attached hydrogens (primary N) is 1. The van der Waals surface area contributed by atoms with Crippen molar-refractivity contribution < 1.29 is 19.2 Å². The number of primary amides is 1. The Morgan fingerprint density at radius 1 is 1.62 bits per heavy atom. The molecule has 1 heterocycles. The van der Waals surface area contributed by atoms with Crippen LogP contribution in [0.4, 0.5) is 0 Å². The molecule has 0 bridgehead atoms. The Balaban J connectivity index is 2.96. The van der Waals surface area contributed by atoms with Crippen LogP contribution in [0, 0.1) is 6.92 Å². The summed E-state index contributed by atoms with van der Waals surface area (Å²) in [5.74, 6) is -2.28. The smallest absolute Gasteiger partial charge is 0.343 e. The molecule has 0 aliphatic rings. The van der Waals surface area contributed by atoms with E-state index in [9.17, 15) is 14.1 Å². The van der Waals surface area contributed by atoms with E-state index < -0.39 is 23.1 Å². The van der Waals surface area contributed by atoms with Gasteiger partial charge >= 0.3 is 11.1 Å². The van der Waals surface area contributed by atoms with Crippen molar-refractivity contribution in [2.45, 2.75) is 12.1 Å². The van der Waals surface area contributed by atoms with Gasteiger partial charge in [-0.15, -0.1) is 0 Å². The molecule has 1 rings (SSSR count). The Kier molecular flexibility index (Phi) is 3.80. The van der Waals surface area contributed by atoms with Gasteiger partial charge in [0.15, 0.2) is 5.75 Å². The highest BCUT2D eigenvalue weighted by Crippen LogP contribution is 2.09. The number of rotatable bonds is 4. The number of carboxylic acids is 1. The Bertz CT molecular complexity index is 437. The average molecular weight is 243 g/mol. The maximum atomic E-state index is 11.4.